The van der Waals surface area contributed by atoms with Gasteiger partial charge in [-0.1, -0.05) is 54.5 Å². The van der Waals surface area contributed by atoms with E-state index in [2.05, 4.69) is 32.1 Å². The van der Waals surface area contributed by atoms with Gasteiger partial charge in [-0.05, 0) is 42.9 Å². The van der Waals surface area contributed by atoms with E-state index in [1.165, 1.54) is 6.92 Å². The lowest BCUT2D eigenvalue weighted by Crippen LogP contribution is -2.36. The van der Waals surface area contributed by atoms with Crippen LogP contribution in [0.3, 0.4) is 0 Å². The van der Waals surface area contributed by atoms with Crippen molar-refractivity contribution in [3.8, 4) is 11.8 Å². The average molecular weight is 510 g/mol. The fourth-order valence-corrected chi connectivity index (χ4v) is 5.72. The van der Waals surface area contributed by atoms with E-state index in [-0.39, 0.29) is 24.1 Å². The first-order valence-corrected chi connectivity index (χ1v) is 12.6. The largest absolute Gasteiger partial charge is 0.389 e. The Bertz CT molecular complexity index is 1560. The van der Waals surface area contributed by atoms with Crippen molar-refractivity contribution in [1.82, 2.24) is 19.5 Å². The van der Waals surface area contributed by atoms with Crippen molar-refractivity contribution < 1.29 is 20.1 Å². The number of benzene rings is 2. The van der Waals surface area contributed by atoms with Gasteiger partial charge in [0.2, 0.25) is 5.82 Å². The third-order valence-electron chi connectivity index (χ3n) is 7.81. The van der Waals surface area contributed by atoms with E-state index in [1.54, 1.807) is 10.9 Å². The highest BCUT2D eigenvalue weighted by atomic mass is 16.3. The molecule has 38 heavy (non-hydrogen) atoms. The summed E-state index contributed by atoms with van der Waals surface area (Å²) in [5.41, 5.74) is 1.51. The summed E-state index contributed by atoms with van der Waals surface area (Å²) in [4.78, 5) is 26.1. The van der Waals surface area contributed by atoms with Crippen molar-refractivity contribution in [2.45, 2.75) is 37.7 Å². The minimum Gasteiger partial charge on any atom is -0.389 e. The fourth-order valence-electron chi connectivity index (χ4n) is 5.72. The highest BCUT2D eigenvalue weighted by Gasteiger charge is 2.74. The SMILES string of the molecule is CC(=O)[C@@]12CC1[C@@H](n1cnc3c(NCC(O)c4ccccc4)nc(C#Cc4ccccc4)nc31)[C@H](O)[C@@H]2O. The van der Waals surface area contributed by atoms with Crippen LogP contribution >= 0.6 is 0 Å². The predicted octanol–water partition coefficient (Wildman–Crippen LogP) is 2.24. The molecule has 4 N–H and O–H groups in total. The van der Waals surface area contributed by atoms with E-state index in [0.717, 1.165) is 11.1 Å². The van der Waals surface area contributed by atoms with E-state index in [0.29, 0.717) is 23.4 Å². The Morgan fingerprint density at radius 2 is 1.82 bits per heavy atom. The fraction of sp³-hybridized carbons (Fsp3) is 0.310. The van der Waals surface area contributed by atoms with E-state index >= 15 is 0 Å². The van der Waals surface area contributed by atoms with Gasteiger partial charge in [-0.15, -0.1) is 0 Å². The number of aliphatic hydroxyl groups is 3. The maximum atomic E-state index is 12.4. The second kappa shape index (κ2) is 9.33. The number of nitrogens with one attached hydrogen (secondary N) is 1. The Morgan fingerprint density at radius 1 is 1.11 bits per heavy atom. The lowest BCUT2D eigenvalue weighted by Gasteiger charge is -2.23. The van der Waals surface area contributed by atoms with Crippen molar-refractivity contribution in [1.29, 1.82) is 0 Å². The number of aliphatic hydroxyl groups excluding tert-OH is 3. The van der Waals surface area contributed by atoms with Gasteiger partial charge in [0.25, 0.3) is 0 Å². The Labute approximate surface area is 219 Å². The van der Waals surface area contributed by atoms with Crippen LogP contribution in [0.15, 0.2) is 67.0 Å². The maximum absolute atomic E-state index is 12.4. The zero-order chi connectivity index (χ0) is 26.4. The summed E-state index contributed by atoms with van der Waals surface area (Å²) in [6, 6.07) is 18.2. The predicted molar refractivity (Wildman–Crippen MR) is 140 cm³/mol. The van der Waals surface area contributed by atoms with Gasteiger partial charge < -0.3 is 25.2 Å². The molecule has 0 radical (unpaired) electrons. The number of ketones is 1. The summed E-state index contributed by atoms with van der Waals surface area (Å²) in [5.74, 6) is 6.36. The smallest absolute Gasteiger partial charge is 0.209 e. The summed E-state index contributed by atoms with van der Waals surface area (Å²) in [5, 5.41) is 35.5. The number of Topliss-reactive ketones (excluding diaryl/α,β-unsaturated/α-hetero) is 1. The summed E-state index contributed by atoms with van der Waals surface area (Å²) >= 11 is 0. The third kappa shape index (κ3) is 3.94. The monoisotopic (exact) mass is 509 g/mol. The number of hydrogen-bond donors (Lipinski definition) is 4. The number of hydrogen-bond acceptors (Lipinski definition) is 8. The zero-order valence-corrected chi connectivity index (χ0v) is 20.7. The van der Waals surface area contributed by atoms with E-state index in [1.807, 2.05) is 60.7 Å². The van der Waals surface area contributed by atoms with E-state index in [4.69, 9.17) is 0 Å². The van der Waals surface area contributed by atoms with Crippen molar-refractivity contribution in [3.63, 3.8) is 0 Å². The number of carbonyl (C=O) groups is 1. The molecular weight excluding hydrogens is 482 g/mol. The molecule has 2 aliphatic carbocycles. The van der Waals surface area contributed by atoms with Gasteiger partial charge in [0.15, 0.2) is 17.0 Å². The number of imidazole rings is 1. The number of rotatable bonds is 6. The number of anilines is 1. The number of aromatic nitrogens is 4. The minimum atomic E-state index is -1.15. The van der Waals surface area contributed by atoms with Gasteiger partial charge in [0.1, 0.15) is 11.9 Å². The molecule has 2 aliphatic rings. The maximum Gasteiger partial charge on any atom is 0.209 e. The number of nitrogens with zero attached hydrogens (tertiary/aromatic N) is 4. The second-order valence-corrected chi connectivity index (χ2v) is 9.98. The molecule has 0 aliphatic heterocycles. The Morgan fingerprint density at radius 3 is 2.50 bits per heavy atom. The molecule has 2 aromatic carbocycles. The first kappa shape index (κ1) is 24.2. The quantitative estimate of drug-likeness (QED) is 0.291. The van der Waals surface area contributed by atoms with Crippen LogP contribution in [0.2, 0.25) is 0 Å². The van der Waals surface area contributed by atoms with Gasteiger partial charge in [0, 0.05) is 12.1 Å². The molecule has 4 aromatic rings. The summed E-state index contributed by atoms with van der Waals surface area (Å²) < 4.78 is 1.72. The molecule has 2 heterocycles. The molecule has 2 aromatic heterocycles. The van der Waals surface area contributed by atoms with Gasteiger partial charge in [-0.25, -0.2) is 15.0 Å². The second-order valence-electron chi connectivity index (χ2n) is 9.98. The molecule has 0 bridgehead atoms. The van der Waals surface area contributed by atoms with Crippen molar-refractivity contribution in [2.75, 3.05) is 11.9 Å². The van der Waals surface area contributed by atoms with Gasteiger partial charge in [-0.2, -0.15) is 0 Å². The molecule has 9 heteroatoms. The molecule has 0 spiro atoms. The van der Waals surface area contributed by atoms with E-state index < -0.39 is 29.8 Å². The lowest BCUT2D eigenvalue weighted by molar-refractivity contribution is -0.128. The van der Waals surface area contributed by atoms with Crippen LogP contribution in [-0.2, 0) is 4.79 Å². The first-order valence-electron chi connectivity index (χ1n) is 12.6. The van der Waals surface area contributed by atoms with Gasteiger partial charge in [-0.3, -0.25) is 4.79 Å². The van der Waals surface area contributed by atoms with Gasteiger partial charge in [0.05, 0.1) is 30.0 Å². The zero-order valence-electron chi connectivity index (χ0n) is 20.7. The van der Waals surface area contributed by atoms with Gasteiger partial charge >= 0.3 is 0 Å². The highest BCUT2D eigenvalue weighted by Crippen LogP contribution is 2.68. The molecule has 2 fully saturated rings. The normalized spacial score (nSPS) is 26.3. The number of carbonyl (C=O) groups excluding carboxylic acids is 1. The first-order chi connectivity index (χ1) is 18.4. The third-order valence-corrected chi connectivity index (χ3v) is 7.81. The Balaban J connectivity index is 1.39. The van der Waals surface area contributed by atoms with Crippen LogP contribution in [0.1, 0.15) is 42.4 Å². The van der Waals surface area contributed by atoms with Crippen LogP contribution in [0.5, 0.6) is 0 Å². The van der Waals surface area contributed by atoms with Crippen molar-refractivity contribution in [2.24, 2.45) is 11.3 Å². The molecule has 0 amide bonds. The summed E-state index contributed by atoms with van der Waals surface area (Å²) in [7, 11) is 0. The molecular formula is C29H27N5O4. The average Bonchev–Trinajstić information content (AvgIpc) is 3.49. The molecule has 9 nitrogen and oxygen atoms in total. The Hall–Kier alpha value is -4.10. The van der Waals surface area contributed by atoms with Crippen LogP contribution < -0.4 is 5.32 Å². The van der Waals surface area contributed by atoms with Crippen LogP contribution in [-0.4, -0.2) is 59.4 Å². The van der Waals surface area contributed by atoms with Crippen molar-refractivity contribution in [3.05, 3.63) is 83.9 Å². The molecule has 0 saturated heterocycles. The lowest BCUT2D eigenvalue weighted by atomic mass is 9.95. The van der Waals surface area contributed by atoms with E-state index in [9.17, 15) is 20.1 Å². The highest BCUT2D eigenvalue weighted by molar-refractivity contribution is 5.88. The molecule has 2 saturated carbocycles. The summed E-state index contributed by atoms with van der Waals surface area (Å²) in [6.07, 6.45) is -1.01. The molecule has 192 valence electrons. The Kier molecular flexibility index (Phi) is 5.95. The topological polar surface area (TPSA) is 133 Å². The summed E-state index contributed by atoms with van der Waals surface area (Å²) in [6.45, 7) is 1.64. The van der Waals surface area contributed by atoms with Crippen molar-refractivity contribution >= 4 is 22.8 Å². The molecule has 6 atom stereocenters. The standard InChI is InChI=1S/C29H27N5O4/c1-17(35)29-14-20(29)24(25(37)26(29)38)34-16-31-23-27(30-15-21(36)19-10-6-3-7-11-19)32-22(33-28(23)34)13-12-18-8-4-2-5-9-18/h2-11,16,20-21,24-26,36-38H,14-15H2,1H3,(H,30,32,33)/t20?,21?,24-,25+,26+,29+/m1/s1. The molecule has 6 rings (SSSR count). The molecule has 2 unspecified atom stereocenters. The number of fused-ring (bicyclic) bond motifs is 2. The minimum absolute atomic E-state index is 0.123. The van der Waals surface area contributed by atoms with Crippen LogP contribution in [0.25, 0.3) is 11.2 Å². The van der Waals surface area contributed by atoms with Crippen LogP contribution in [0.4, 0.5) is 5.82 Å². The van der Waals surface area contributed by atoms with Crippen LogP contribution in [0, 0.1) is 23.2 Å².